The molecule has 6 aliphatic rings. The number of nitrogens with one attached hydrogen (secondary N) is 1. The van der Waals surface area contributed by atoms with Crippen molar-refractivity contribution in [3.8, 4) is 0 Å². The summed E-state index contributed by atoms with van der Waals surface area (Å²) in [6.07, 6.45) is 14.5. The quantitative estimate of drug-likeness (QED) is 0.545. The number of piperidine rings is 1. The molecule has 170 valence electrons. The van der Waals surface area contributed by atoms with E-state index >= 15 is 0 Å². The first kappa shape index (κ1) is 21.4. The molecule has 1 amide bonds. The number of carbonyl (C=O) groups excluding carboxylic acids is 1. The molecule has 8 heteroatoms. The predicted octanol–water partition coefficient (Wildman–Crippen LogP) is 3.14. The van der Waals surface area contributed by atoms with Crippen LogP contribution < -0.4 is 10.4 Å². The molecule has 7 nitrogen and oxygen atoms in total. The van der Waals surface area contributed by atoms with E-state index in [2.05, 4.69) is 19.8 Å². The lowest BCUT2D eigenvalue weighted by Gasteiger charge is -2.61. The Morgan fingerprint density at radius 1 is 1.03 bits per heavy atom. The number of hydrogen-bond donors (Lipinski definition) is 2. The van der Waals surface area contributed by atoms with Crippen LogP contribution in [0.25, 0.3) is 0 Å². The van der Waals surface area contributed by atoms with Crippen molar-refractivity contribution in [1.82, 2.24) is 20.3 Å². The Labute approximate surface area is 190 Å². The van der Waals surface area contributed by atoms with Crippen molar-refractivity contribution in [2.75, 3.05) is 37.6 Å². The second kappa shape index (κ2) is 7.85. The average molecular weight is 448 g/mol. The van der Waals surface area contributed by atoms with Crippen molar-refractivity contribution in [2.24, 2.45) is 28.6 Å². The highest BCUT2D eigenvalue weighted by atomic mass is 35.5. The van der Waals surface area contributed by atoms with Crippen LogP contribution in [-0.4, -0.2) is 58.7 Å². The van der Waals surface area contributed by atoms with Crippen LogP contribution in [0.3, 0.4) is 0 Å². The van der Waals surface area contributed by atoms with E-state index in [-0.39, 0.29) is 18.0 Å². The van der Waals surface area contributed by atoms with E-state index in [9.17, 15) is 4.79 Å². The Kier molecular flexibility index (Phi) is 5.42. The molecular weight excluding hydrogens is 414 g/mol. The topological polar surface area (TPSA) is 81.6 Å². The van der Waals surface area contributed by atoms with E-state index in [4.69, 9.17) is 5.21 Å². The normalized spacial score (nSPS) is 35.5. The average Bonchev–Trinajstić information content (AvgIpc) is 2.71. The van der Waals surface area contributed by atoms with Crippen LogP contribution in [0.5, 0.6) is 0 Å². The number of nitrogens with zero attached hydrogens (tertiary/aromatic N) is 4. The van der Waals surface area contributed by atoms with Gasteiger partial charge in [0.05, 0.1) is 5.56 Å². The lowest BCUT2D eigenvalue weighted by Crippen LogP contribution is -2.63. The molecule has 1 spiro atoms. The maximum Gasteiger partial charge on any atom is 0.277 e. The lowest BCUT2D eigenvalue weighted by molar-refractivity contribution is -0.106. The van der Waals surface area contributed by atoms with E-state index in [0.717, 1.165) is 30.8 Å². The van der Waals surface area contributed by atoms with Gasteiger partial charge < -0.3 is 9.80 Å². The lowest BCUT2D eigenvalue weighted by atomic mass is 9.49. The highest BCUT2D eigenvalue weighted by Crippen LogP contribution is 2.60. The SMILES string of the molecule is Cl.O=C(NO)c1cnc(N2CCC3(CC2)CN(CC24CC5CC(CC(C5)C2)C4)C3)nc1. The minimum atomic E-state index is -0.576. The fourth-order valence-corrected chi connectivity index (χ4v) is 8.14. The summed E-state index contributed by atoms with van der Waals surface area (Å²) >= 11 is 0. The van der Waals surface area contributed by atoms with Crippen molar-refractivity contribution < 1.29 is 10.0 Å². The Bertz CT molecular complexity index is 780. The zero-order chi connectivity index (χ0) is 20.3. The molecule has 2 saturated heterocycles. The highest BCUT2D eigenvalue weighted by Gasteiger charge is 2.54. The molecule has 4 saturated carbocycles. The molecule has 4 aliphatic carbocycles. The highest BCUT2D eigenvalue weighted by molar-refractivity contribution is 5.92. The number of rotatable bonds is 4. The van der Waals surface area contributed by atoms with Crippen molar-refractivity contribution in [3.05, 3.63) is 18.0 Å². The third-order valence-electron chi connectivity index (χ3n) is 8.95. The minimum absolute atomic E-state index is 0. The van der Waals surface area contributed by atoms with Crippen molar-refractivity contribution in [1.29, 1.82) is 0 Å². The molecule has 7 rings (SSSR count). The molecule has 0 radical (unpaired) electrons. The number of carbonyl (C=O) groups is 1. The van der Waals surface area contributed by atoms with Crippen LogP contribution in [0.4, 0.5) is 5.95 Å². The van der Waals surface area contributed by atoms with E-state index in [1.807, 2.05) is 0 Å². The monoisotopic (exact) mass is 447 g/mol. The Hall–Kier alpha value is -1.44. The number of amides is 1. The number of anilines is 1. The van der Waals surface area contributed by atoms with Crippen LogP contribution in [0.15, 0.2) is 12.4 Å². The molecule has 1 aromatic heterocycles. The summed E-state index contributed by atoms with van der Waals surface area (Å²) < 4.78 is 0. The molecular formula is C23H34ClN5O2. The van der Waals surface area contributed by atoms with Gasteiger partial charge >= 0.3 is 0 Å². The molecule has 0 atom stereocenters. The van der Waals surface area contributed by atoms with Gasteiger partial charge in [0.25, 0.3) is 5.91 Å². The minimum Gasteiger partial charge on any atom is -0.341 e. The summed E-state index contributed by atoms with van der Waals surface area (Å²) in [5.41, 5.74) is 3.05. The van der Waals surface area contributed by atoms with Crippen molar-refractivity contribution >= 4 is 24.3 Å². The van der Waals surface area contributed by atoms with Crippen LogP contribution in [0.1, 0.15) is 61.7 Å². The van der Waals surface area contributed by atoms with Gasteiger partial charge in [-0.1, -0.05) is 0 Å². The summed E-state index contributed by atoms with van der Waals surface area (Å²) in [4.78, 5) is 25.1. The molecule has 0 aromatic carbocycles. The van der Waals surface area contributed by atoms with Crippen LogP contribution in [0.2, 0.25) is 0 Å². The third kappa shape index (κ3) is 3.83. The third-order valence-corrected chi connectivity index (χ3v) is 8.95. The number of hydrogen-bond acceptors (Lipinski definition) is 6. The summed E-state index contributed by atoms with van der Waals surface area (Å²) in [5.74, 6) is 3.25. The molecule has 6 fully saturated rings. The molecule has 4 bridgehead atoms. The molecule has 2 aliphatic heterocycles. The number of likely N-dealkylation sites (tertiary alicyclic amines) is 1. The second-order valence-corrected chi connectivity index (χ2v) is 11.3. The maximum absolute atomic E-state index is 11.4. The zero-order valence-electron chi connectivity index (χ0n) is 18.1. The van der Waals surface area contributed by atoms with Gasteiger partial charge in [-0.15, -0.1) is 12.4 Å². The van der Waals surface area contributed by atoms with Gasteiger partial charge in [0, 0.05) is 45.1 Å². The number of halogens is 1. The standard InChI is InChI=1S/C23H33N5O2.ClH/c29-20(26-30)19-11-24-21(25-12-19)28-3-1-22(2-4-28)13-27(14-22)15-23-8-16-5-17(9-23)7-18(6-16)10-23;/h11-12,16-18,30H,1-10,13-15H2,(H,26,29);1H. The van der Waals surface area contributed by atoms with Gasteiger partial charge in [-0.05, 0) is 80.0 Å². The molecule has 3 heterocycles. The Morgan fingerprint density at radius 3 is 2.10 bits per heavy atom. The van der Waals surface area contributed by atoms with Gasteiger partial charge in [0.2, 0.25) is 5.95 Å². The molecule has 0 unspecified atom stereocenters. The van der Waals surface area contributed by atoms with Gasteiger partial charge in [0.1, 0.15) is 0 Å². The van der Waals surface area contributed by atoms with Gasteiger partial charge in [-0.3, -0.25) is 10.0 Å². The summed E-state index contributed by atoms with van der Waals surface area (Å²) in [6, 6.07) is 0. The zero-order valence-corrected chi connectivity index (χ0v) is 18.9. The fraction of sp³-hybridized carbons (Fsp3) is 0.783. The van der Waals surface area contributed by atoms with Crippen LogP contribution in [-0.2, 0) is 0 Å². The first-order valence-corrected chi connectivity index (χ1v) is 11.8. The van der Waals surface area contributed by atoms with E-state index in [1.54, 1.807) is 5.48 Å². The molecule has 2 N–H and O–H groups in total. The number of hydroxylamine groups is 1. The van der Waals surface area contributed by atoms with Crippen molar-refractivity contribution in [2.45, 2.75) is 51.4 Å². The first-order valence-electron chi connectivity index (χ1n) is 11.8. The largest absolute Gasteiger partial charge is 0.341 e. The van der Waals surface area contributed by atoms with Crippen LogP contribution in [0, 0.1) is 28.6 Å². The van der Waals surface area contributed by atoms with E-state index < -0.39 is 5.91 Å². The first-order chi connectivity index (χ1) is 14.5. The van der Waals surface area contributed by atoms with Crippen molar-refractivity contribution in [3.63, 3.8) is 0 Å². The number of aromatic nitrogens is 2. The van der Waals surface area contributed by atoms with E-state index in [0.29, 0.717) is 16.8 Å². The van der Waals surface area contributed by atoms with Gasteiger partial charge in [-0.25, -0.2) is 15.4 Å². The Balaban J connectivity index is 0.00000204. The van der Waals surface area contributed by atoms with Crippen LogP contribution >= 0.6 is 12.4 Å². The van der Waals surface area contributed by atoms with E-state index in [1.165, 1.54) is 83.4 Å². The summed E-state index contributed by atoms with van der Waals surface area (Å²) in [7, 11) is 0. The summed E-state index contributed by atoms with van der Waals surface area (Å²) in [6.45, 7) is 5.88. The maximum atomic E-state index is 11.4. The van der Waals surface area contributed by atoms with Gasteiger partial charge in [-0.2, -0.15) is 0 Å². The molecule has 1 aromatic rings. The summed E-state index contributed by atoms with van der Waals surface area (Å²) in [5, 5.41) is 8.72. The predicted molar refractivity (Wildman–Crippen MR) is 119 cm³/mol. The Morgan fingerprint density at radius 2 is 1.58 bits per heavy atom. The molecule has 31 heavy (non-hydrogen) atoms. The smallest absolute Gasteiger partial charge is 0.277 e. The second-order valence-electron chi connectivity index (χ2n) is 11.3. The fourth-order valence-electron chi connectivity index (χ4n) is 8.14. The van der Waals surface area contributed by atoms with Gasteiger partial charge in [0.15, 0.2) is 0 Å².